The molecule has 0 bridgehead atoms. The van der Waals surface area contributed by atoms with E-state index in [0.29, 0.717) is 28.2 Å². The molecule has 164 valence electrons. The minimum absolute atomic E-state index is 0.0578. The van der Waals surface area contributed by atoms with Crippen molar-refractivity contribution in [1.82, 2.24) is 9.55 Å². The van der Waals surface area contributed by atoms with E-state index in [1.807, 2.05) is 47.2 Å². The average Bonchev–Trinajstić information content (AvgIpc) is 3.27. The Hall–Kier alpha value is -1.56. The van der Waals surface area contributed by atoms with Gasteiger partial charge in [-0.15, -0.1) is 0 Å². The fraction of sp³-hybridized carbons (Fsp3) is 0.375. The maximum absolute atomic E-state index is 6.36. The van der Waals surface area contributed by atoms with Crippen molar-refractivity contribution < 1.29 is 9.47 Å². The quantitative estimate of drug-likeness (QED) is 0.357. The van der Waals surface area contributed by atoms with Crippen LogP contribution >= 0.6 is 34.8 Å². The maximum Gasteiger partial charge on any atom is 0.100 e. The van der Waals surface area contributed by atoms with Crippen molar-refractivity contribution >= 4 is 34.8 Å². The largest absolute Gasteiger partial charge is 0.372 e. The van der Waals surface area contributed by atoms with Crippen molar-refractivity contribution in [1.29, 1.82) is 0 Å². The van der Waals surface area contributed by atoms with Crippen molar-refractivity contribution in [2.45, 2.75) is 50.5 Å². The molecule has 3 atom stereocenters. The van der Waals surface area contributed by atoms with E-state index in [9.17, 15) is 0 Å². The zero-order valence-corrected chi connectivity index (χ0v) is 19.4. The summed E-state index contributed by atoms with van der Waals surface area (Å²) >= 11 is 18.4. The van der Waals surface area contributed by atoms with E-state index in [1.165, 1.54) is 0 Å². The van der Waals surface area contributed by atoms with Crippen molar-refractivity contribution in [3.05, 3.63) is 87.4 Å². The maximum atomic E-state index is 6.36. The van der Waals surface area contributed by atoms with Gasteiger partial charge in [0.15, 0.2) is 0 Å². The van der Waals surface area contributed by atoms with Gasteiger partial charge in [0.1, 0.15) is 6.10 Å². The van der Waals surface area contributed by atoms with Crippen LogP contribution in [0.4, 0.5) is 0 Å². The topological polar surface area (TPSA) is 36.3 Å². The second kappa shape index (κ2) is 10.8. The lowest BCUT2D eigenvalue weighted by Gasteiger charge is -2.31. The van der Waals surface area contributed by atoms with Gasteiger partial charge in [0.2, 0.25) is 0 Å². The molecule has 0 spiro atoms. The Balaban J connectivity index is 1.37. The van der Waals surface area contributed by atoms with Crippen molar-refractivity contribution in [3.63, 3.8) is 0 Å². The molecule has 4 rings (SSSR count). The van der Waals surface area contributed by atoms with Crippen LogP contribution < -0.4 is 0 Å². The molecule has 0 saturated carbocycles. The lowest BCUT2D eigenvalue weighted by molar-refractivity contribution is -0.102. The van der Waals surface area contributed by atoms with Gasteiger partial charge in [-0.05, 0) is 54.7 Å². The van der Waals surface area contributed by atoms with E-state index < -0.39 is 0 Å². The Kier molecular flexibility index (Phi) is 7.91. The number of imidazole rings is 1. The number of hydrogen-bond donors (Lipinski definition) is 0. The molecule has 7 heteroatoms. The van der Waals surface area contributed by atoms with Gasteiger partial charge in [-0.25, -0.2) is 4.98 Å². The molecular formula is C24H25Cl3N2O2. The predicted molar refractivity (Wildman–Crippen MR) is 125 cm³/mol. The van der Waals surface area contributed by atoms with Crippen molar-refractivity contribution in [2.24, 2.45) is 0 Å². The molecule has 0 radical (unpaired) electrons. The Morgan fingerprint density at radius 1 is 1.03 bits per heavy atom. The number of hydrogen-bond acceptors (Lipinski definition) is 3. The minimum Gasteiger partial charge on any atom is -0.372 e. The smallest absolute Gasteiger partial charge is 0.100 e. The van der Waals surface area contributed by atoms with Gasteiger partial charge < -0.3 is 14.0 Å². The molecule has 1 aliphatic heterocycles. The van der Waals surface area contributed by atoms with Gasteiger partial charge in [0.05, 0.1) is 31.7 Å². The van der Waals surface area contributed by atoms with E-state index in [4.69, 9.17) is 44.3 Å². The highest BCUT2D eigenvalue weighted by atomic mass is 35.5. The van der Waals surface area contributed by atoms with E-state index >= 15 is 0 Å². The highest BCUT2D eigenvalue weighted by Crippen LogP contribution is 2.28. The molecule has 0 aliphatic carbocycles. The Bertz CT molecular complexity index is 963. The molecule has 31 heavy (non-hydrogen) atoms. The first-order valence-electron chi connectivity index (χ1n) is 10.5. The molecule has 1 saturated heterocycles. The van der Waals surface area contributed by atoms with Crippen LogP contribution in [-0.2, 0) is 22.4 Å². The van der Waals surface area contributed by atoms with Crippen LogP contribution in [0.2, 0.25) is 15.1 Å². The third-order valence-electron chi connectivity index (χ3n) is 5.56. The first-order valence-corrected chi connectivity index (χ1v) is 11.6. The summed E-state index contributed by atoms with van der Waals surface area (Å²) in [7, 11) is 0. The van der Waals surface area contributed by atoms with Crippen LogP contribution in [0.25, 0.3) is 0 Å². The van der Waals surface area contributed by atoms with E-state index in [-0.39, 0.29) is 18.3 Å². The zero-order valence-electron chi connectivity index (χ0n) is 17.1. The highest BCUT2D eigenvalue weighted by molar-refractivity contribution is 6.35. The lowest BCUT2D eigenvalue weighted by Crippen LogP contribution is -2.33. The second-order valence-electron chi connectivity index (χ2n) is 7.88. The third-order valence-corrected chi connectivity index (χ3v) is 6.40. The van der Waals surface area contributed by atoms with E-state index in [1.54, 1.807) is 18.6 Å². The molecule has 4 nitrogen and oxygen atoms in total. The number of rotatable bonds is 8. The van der Waals surface area contributed by atoms with Gasteiger partial charge in [0, 0.05) is 33.9 Å². The van der Waals surface area contributed by atoms with E-state index in [0.717, 1.165) is 36.8 Å². The molecule has 1 fully saturated rings. The summed E-state index contributed by atoms with van der Waals surface area (Å²) < 4.78 is 14.7. The predicted octanol–water partition coefficient (Wildman–Crippen LogP) is 6.78. The number of halogens is 3. The molecule has 1 aromatic heterocycles. The fourth-order valence-electron chi connectivity index (χ4n) is 3.93. The summed E-state index contributed by atoms with van der Waals surface area (Å²) in [5, 5.41) is 2.05. The molecule has 2 aromatic carbocycles. The zero-order chi connectivity index (χ0) is 21.6. The minimum atomic E-state index is -0.110. The molecule has 2 heterocycles. The van der Waals surface area contributed by atoms with Crippen LogP contribution in [0, 0.1) is 0 Å². The monoisotopic (exact) mass is 478 g/mol. The summed E-state index contributed by atoms with van der Waals surface area (Å²) in [6.45, 7) is 1.21. The summed E-state index contributed by atoms with van der Waals surface area (Å²) in [4.78, 5) is 4.14. The lowest BCUT2D eigenvalue weighted by atomic mass is 9.98. The number of ether oxygens (including phenoxy) is 2. The average molecular weight is 480 g/mol. The SMILES string of the molecule is Clc1ccc(C(Cn2ccnc2)OCC2CCCC(Cc3ccc(Cl)cc3Cl)O2)cc1. The fourth-order valence-corrected chi connectivity index (χ4v) is 4.54. The number of aromatic nitrogens is 2. The van der Waals surface area contributed by atoms with Gasteiger partial charge >= 0.3 is 0 Å². The molecule has 0 N–H and O–H groups in total. The number of benzene rings is 2. The third kappa shape index (κ3) is 6.47. The molecule has 1 aliphatic rings. The summed E-state index contributed by atoms with van der Waals surface area (Å²) in [5.74, 6) is 0. The van der Waals surface area contributed by atoms with Gasteiger partial charge in [-0.2, -0.15) is 0 Å². The number of nitrogens with zero attached hydrogens (tertiary/aromatic N) is 2. The van der Waals surface area contributed by atoms with Crippen LogP contribution in [0.15, 0.2) is 61.2 Å². The first kappa shape index (κ1) is 22.6. The van der Waals surface area contributed by atoms with E-state index in [2.05, 4.69) is 4.98 Å². The molecule has 3 unspecified atom stereocenters. The van der Waals surface area contributed by atoms with Gasteiger partial charge in [0.25, 0.3) is 0 Å². The van der Waals surface area contributed by atoms with Gasteiger partial charge in [-0.3, -0.25) is 0 Å². The first-order chi connectivity index (χ1) is 15.1. The summed E-state index contributed by atoms with van der Waals surface area (Å²) in [5.41, 5.74) is 2.15. The van der Waals surface area contributed by atoms with Crippen molar-refractivity contribution in [2.75, 3.05) is 6.61 Å². The van der Waals surface area contributed by atoms with Crippen LogP contribution in [0.3, 0.4) is 0 Å². The standard InChI is InChI=1S/C24H25Cl3N2O2/c25-19-7-4-17(5-8-19)24(14-29-11-10-28-16-29)30-15-22-3-1-2-21(31-22)12-18-6-9-20(26)13-23(18)27/h4-11,13,16,21-22,24H,1-3,12,14-15H2. The summed E-state index contributed by atoms with van der Waals surface area (Å²) in [6.07, 6.45) is 9.49. The summed E-state index contributed by atoms with van der Waals surface area (Å²) in [6, 6.07) is 13.5. The van der Waals surface area contributed by atoms with Crippen LogP contribution in [-0.4, -0.2) is 28.4 Å². The Morgan fingerprint density at radius 2 is 1.81 bits per heavy atom. The van der Waals surface area contributed by atoms with Crippen molar-refractivity contribution in [3.8, 4) is 0 Å². The normalized spacial score (nSPS) is 20.0. The Labute approximate surface area is 198 Å². The van der Waals surface area contributed by atoms with Crippen LogP contribution in [0.1, 0.15) is 36.5 Å². The highest BCUT2D eigenvalue weighted by Gasteiger charge is 2.25. The van der Waals surface area contributed by atoms with Crippen LogP contribution in [0.5, 0.6) is 0 Å². The molecule has 3 aromatic rings. The molecule has 0 amide bonds. The Morgan fingerprint density at radius 3 is 2.55 bits per heavy atom. The van der Waals surface area contributed by atoms with Gasteiger partial charge in [-0.1, -0.05) is 53.0 Å². The molecular weight excluding hydrogens is 455 g/mol. The second-order valence-corrected chi connectivity index (χ2v) is 9.16.